The monoisotopic (exact) mass is 347 g/mol. The van der Waals surface area contributed by atoms with Gasteiger partial charge in [-0.2, -0.15) is 0 Å². The lowest BCUT2D eigenvalue weighted by Crippen LogP contribution is -2.56. The number of carbonyl (C=O) groups is 5. The van der Waals surface area contributed by atoms with Crippen LogP contribution in [0.4, 0.5) is 0 Å². The third-order valence-corrected chi connectivity index (χ3v) is 2.87. The average molecular weight is 347 g/mol. The number of amides is 4. The van der Waals surface area contributed by atoms with Gasteiger partial charge < -0.3 is 38.0 Å². The molecule has 24 heavy (non-hydrogen) atoms. The number of primary amides is 2. The van der Waals surface area contributed by atoms with Crippen LogP contribution in [-0.2, 0) is 24.0 Å². The molecule has 0 aromatic heterocycles. The summed E-state index contributed by atoms with van der Waals surface area (Å²) in [6.45, 7) is -0.844. The van der Waals surface area contributed by atoms with E-state index in [-0.39, 0.29) is 12.8 Å². The Kier molecular flexibility index (Phi) is 8.97. The maximum Gasteiger partial charge on any atom is 0.326 e. The van der Waals surface area contributed by atoms with Crippen molar-refractivity contribution in [2.75, 3.05) is 6.61 Å². The molecule has 0 spiro atoms. The van der Waals surface area contributed by atoms with Gasteiger partial charge in [0.1, 0.15) is 12.1 Å². The zero-order valence-electron chi connectivity index (χ0n) is 12.7. The molecule has 0 saturated heterocycles. The number of nitrogens with two attached hydrogens (primary N) is 3. The number of rotatable bonds is 11. The normalized spacial score (nSPS) is 14.1. The Labute approximate surface area is 136 Å². The van der Waals surface area contributed by atoms with Crippen LogP contribution in [0.2, 0.25) is 0 Å². The number of nitrogens with one attached hydrogen (secondary N) is 2. The highest BCUT2D eigenvalue weighted by Crippen LogP contribution is 1.99. The highest BCUT2D eigenvalue weighted by atomic mass is 16.4. The van der Waals surface area contributed by atoms with Gasteiger partial charge in [-0.25, -0.2) is 4.79 Å². The zero-order chi connectivity index (χ0) is 18.9. The first-order chi connectivity index (χ1) is 11.1. The predicted octanol–water partition coefficient (Wildman–Crippen LogP) is -4.50. The van der Waals surface area contributed by atoms with Crippen molar-refractivity contribution in [3.8, 4) is 0 Å². The Morgan fingerprint density at radius 1 is 0.917 bits per heavy atom. The fraction of sp³-hybridized carbons (Fsp3) is 0.583. The predicted molar refractivity (Wildman–Crippen MR) is 78.8 cm³/mol. The van der Waals surface area contributed by atoms with Gasteiger partial charge in [0.2, 0.25) is 23.6 Å². The van der Waals surface area contributed by atoms with Crippen molar-refractivity contribution in [3.05, 3.63) is 0 Å². The van der Waals surface area contributed by atoms with Gasteiger partial charge in [-0.05, 0) is 6.42 Å². The van der Waals surface area contributed by atoms with Crippen molar-refractivity contribution in [2.24, 2.45) is 17.2 Å². The second-order valence-electron chi connectivity index (χ2n) is 4.93. The third kappa shape index (κ3) is 8.05. The summed E-state index contributed by atoms with van der Waals surface area (Å²) in [7, 11) is 0. The number of aliphatic carboxylic acids is 1. The molecule has 0 aromatic carbocycles. The van der Waals surface area contributed by atoms with Crippen LogP contribution >= 0.6 is 0 Å². The van der Waals surface area contributed by atoms with E-state index in [4.69, 9.17) is 27.4 Å². The maximum atomic E-state index is 11.9. The van der Waals surface area contributed by atoms with E-state index < -0.39 is 60.8 Å². The summed E-state index contributed by atoms with van der Waals surface area (Å²) >= 11 is 0. The number of hydrogen-bond acceptors (Lipinski definition) is 7. The molecule has 0 saturated carbocycles. The lowest BCUT2D eigenvalue weighted by Gasteiger charge is -2.21. The van der Waals surface area contributed by atoms with Crippen LogP contribution in [-0.4, -0.2) is 64.5 Å². The minimum absolute atomic E-state index is 0.260. The standard InChI is InChI=1S/C12H21N5O7/c13-5(3-9(15)20)10(21)17-7(4-18)11(22)16-6(12(23)24)1-2-8(14)19/h5-7,18H,1-4,13H2,(H2,14,19)(H2,15,20)(H,16,22)(H,17,21)(H,23,24). The minimum atomic E-state index is -1.49. The van der Waals surface area contributed by atoms with E-state index in [1.54, 1.807) is 0 Å². The molecule has 0 rings (SSSR count). The van der Waals surface area contributed by atoms with Crippen molar-refractivity contribution in [3.63, 3.8) is 0 Å². The average Bonchev–Trinajstić information content (AvgIpc) is 2.47. The second kappa shape index (κ2) is 10.1. The lowest BCUT2D eigenvalue weighted by atomic mass is 10.1. The smallest absolute Gasteiger partial charge is 0.326 e. The van der Waals surface area contributed by atoms with Crippen LogP contribution < -0.4 is 27.8 Å². The van der Waals surface area contributed by atoms with Gasteiger partial charge in [0.05, 0.1) is 19.1 Å². The molecule has 3 unspecified atom stereocenters. The molecule has 12 nitrogen and oxygen atoms in total. The van der Waals surface area contributed by atoms with E-state index >= 15 is 0 Å². The molecule has 0 bridgehead atoms. The Bertz CT molecular complexity index is 510. The molecule has 3 atom stereocenters. The molecule has 0 aliphatic carbocycles. The second-order valence-corrected chi connectivity index (χ2v) is 4.93. The summed E-state index contributed by atoms with van der Waals surface area (Å²) < 4.78 is 0. The van der Waals surface area contributed by atoms with Crippen LogP contribution in [0.3, 0.4) is 0 Å². The molecule has 0 heterocycles. The van der Waals surface area contributed by atoms with Gasteiger partial charge >= 0.3 is 5.97 Å². The summed E-state index contributed by atoms with van der Waals surface area (Å²) in [5.74, 6) is -4.93. The van der Waals surface area contributed by atoms with Gasteiger partial charge in [0, 0.05) is 6.42 Å². The van der Waals surface area contributed by atoms with Crippen LogP contribution in [0.1, 0.15) is 19.3 Å². The number of aliphatic hydroxyl groups is 1. The molecule has 0 aromatic rings. The van der Waals surface area contributed by atoms with Crippen molar-refractivity contribution in [1.82, 2.24) is 10.6 Å². The third-order valence-electron chi connectivity index (χ3n) is 2.87. The van der Waals surface area contributed by atoms with Crippen molar-refractivity contribution >= 4 is 29.6 Å². The Morgan fingerprint density at radius 2 is 1.46 bits per heavy atom. The first-order valence-electron chi connectivity index (χ1n) is 6.85. The van der Waals surface area contributed by atoms with Crippen molar-refractivity contribution in [1.29, 1.82) is 0 Å². The molecular weight excluding hydrogens is 326 g/mol. The van der Waals surface area contributed by atoms with E-state index in [2.05, 4.69) is 10.6 Å². The van der Waals surface area contributed by atoms with E-state index in [0.717, 1.165) is 0 Å². The number of carbonyl (C=O) groups excluding carboxylic acids is 4. The van der Waals surface area contributed by atoms with Gasteiger partial charge in [-0.1, -0.05) is 0 Å². The van der Waals surface area contributed by atoms with Gasteiger partial charge in [-0.15, -0.1) is 0 Å². The molecular formula is C12H21N5O7. The van der Waals surface area contributed by atoms with Gasteiger partial charge in [-0.3, -0.25) is 19.2 Å². The first-order valence-corrected chi connectivity index (χ1v) is 6.85. The highest BCUT2D eigenvalue weighted by Gasteiger charge is 2.28. The number of hydrogen-bond donors (Lipinski definition) is 7. The molecule has 0 radical (unpaired) electrons. The highest BCUT2D eigenvalue weighted by molar-refractivity contribution is 5.93. The van der Waals surface area contributed by atoms with Gasteiger partial charge in [0.15, 0.2) is 0 Å². The van der Waals surface area contributed by atoms with Crippen LogP contribution in [0.5, 0.6) is 0 Å². The largest absolute Gasteiger partial charge is 0.480 e. The van der Waals surface area contributed by atoms with Crippen LogP contribution in [0.15, 0.2) is 0 Å². The summed E-state index contributed by atoms with van der Waals surface area (Å²) in [6.07, 6.45) is -1.01. The number of carboxylic acids is 1. The van der Waals surface area contributed by atoms with Gasteiger partial charge in [0.25, 0.3) is 0 Å². The van der Waals surface area contributed by atoms with Crippen molar-refractivity contribution < 1.29 is 34.2 Å². The quantitative estimate of drug-likeness (QED) is 0.192. The molecule has 0 fully saturated rings. The summed E-state index contributed by atoms with van der Waals surface area (Å²) in [4.78, 5) is 56.0. The Hall–Kier alpha value is -2.73. The SMILES string of the molecule is NC(=O)CCC(NC(=O)C(CO)NC(=O)C(N)CC(N)=O)C(=O)O. The van der Waals surface area contributed by atoms with E-state index in [0.29, 0.717) is 0 Å². The van der Waals surface area contributed by atoms with E-state index in [1.807, 2.05) is 0 Å². The summed E-state index contributed by atoms with van der Waals surface area (Å²) in [5, 5.41) is 22.2. The van der Waals surface area contributed by atoms with E-state index in [1.165, 1.54) is 0 Å². The Balaban J connectivity index is 4.76. The Morgan fingerprint density at radius 3 is 1.88 bits per heavy atom. The first kappa shape index (κ1) is 21.3. The van der Waals surface area contributed by atoms with E-state index in [9.17, 15) is 24.0 Å². The topological polar surface area (TPSA) is 228 Å². The molecule has 0 aliphatic heterocycles. The fourth-order valence-electron chi connectivity index (χ4n) is 1.60. The van der Waals surface area contributed by atoms with Crippen LogP contribution in [0.25, 0.3) is 0 Å². The van der Waals surface area contributed by atoms with Crippen LogP contribution in [0, 0.1) is 0 Å². The van der Waals surface area contributed by atoms with Crippen molar-refractivity contribution in [2.45, 2.75) is 37.4 Å². The summed E-state index contributed by atoms with van der Waals surface area (Å²) in [6, 6.07) is -4.25. The fourth-order valence-corrected chi connectivity index (χ4v) is 1.60. The molecule has 12 heteroatoms. The molecule has 0 aliphatic rings. The minimum Gasteiger partial charge on any atom is -0.480 e. The number of carboxylic acid groups (broad SMARTS) is 1. The molecule has 4 amide bonds. The zero-order valence-corrected chi connectivity index (χ0v) is 12.7. The molecule has 10 N–H and O–H groups in total. The summed E-state index contributed by atoms with van der Waals surface area (Å²) in [5.41, 5.74) is 15.2. The maximum absolute atomic E-state index is 11.9. The lowest BCUT2D eigenvalue weighted by molar-refractivity contribution is -0.142. The molecule has 136 valence electrons. The number of aliphatic hydroxyl groups excluding tert-OH is 1.